The molecule has 0 bridgehead atoms. The zero-order chi connectivity index (χ0) is 21.5. The summed E-state index contributed by atoms with van der Waals surface area (Å²) in [6.45, 7) is 3.91. The van der Waals surface area contributed by atoms with Crippen LogP contribution in [-0.4, -0.2) is 23.2 Å². The van der Waals surface area contributed by atoms with Gasteiger partial charge in [-0.05, 0) is 48.7 Å². The van der Waals surface area contributed by atoms with Gasteiger partial charge in [-0.15, -0.1) is 10.2 Å². The number of methoxy groups -OCH3 is 1. The number of carbonyl (C=O) groups is 1. The first kappa shape index (κ1) is 21.0. The fraction of sp³-hybridized carbons (Fsp3) is 0.182. The second kappa shape index (κ2) is 9.67. The average molecular weight is 420 g/mol. The smallest absolute Gasteiger partial charge is 0.268 e. The molecule has 0 saturated heterocycles. The molecule has 8 heteroatoms. The lowest BCUT2D eigenvalue weighted by molar-refractivity contribution is -0.112. The number of aryl methyl sites for hydroxylation is 2. The number of ether oxygens (including phenoxy) is 2. The topological polar surface area (TPSA) is 97.1 Å². The molecule has 0 fully saturated rings. The number of nitriles is 1. The van der Waals surface area contributed by atoms with Crippen molar-refractivity contribution in [1.82, 2.24) is 10.2 Å². The Morgan fingerprint density at radius 1 is 1.20 bits per heavy atom. The van der Waals surface area contributed by atoms with Crippen LogP contribution in [0.3, 0.4) is 0 Å². The van der Waals surface area contributed by atoms with Gasteiger partial charge < -0.3 is 9.47 Å². The number of nitrogens with one attached hydrogen (secondary N) is 1. The van der Waals surface area contributed by atoms with Crippen LogP contribution in [0, 0.1) is 18.3 Å². The lowest BCUT2D eigenvalue weighted by Crippen LogP contribution is -2.13. The number of rotatable bonds is 7. The number of hydrogen-bond donors (Lipinski definition) is 1. The van der Waals surface area contributed by atoms with Gasteiger partial charge in [-0.3, -0.25) is 10.1 Å². The first-order valence-electron chi connectivity index (χ1n) is 9.21. The van der Waals surface area contributed by atoms with Gasteiger partial charge in [0.1, 0.15) is 22.4 Å². The van der Waals surface area contributed by atoms with E-state index in [4.69, 9.17) is 9.47 Å². The van der Waals surface area contributed by atoms with Crippen molar-refractivity contribution in [3.8, 4) is 23.3 Å². The number of nitrogens with zero attached hydrogens (tertiary/aromatic N) is 3. The van der Waals surface area contributed by atoms with E-state index in [-0.39, 0.29) is 5.57 Å². The van der Waals surface area contributed by atoms with Gasteiger partial charge in [0.25, 0.3) is 5.91 Å². The van der Waals surface area contributed by atoms with Crippen molar-refractivity contribution < 1.29 is 14.3 Å². The Morgan fingerprint density at radius 3 is 2.67 bits per heavy atom. The van der Waals surface area contributed by atoms with Crippen molar-refractivity contribution in [2.24, 2.45) is 0 Å². The Balaban J connectivity index is 1.81. The molecule has 0 aliphatic rings. The number of anilines is 1. The monoisotopic (exact) mass is 420 g/mol. The molecule has 7 nitrogen and oxygen atoms in total. The van der Waals surface area contributed by atoms with Crippen molar-refractivity contribution in [1.29, 1.82) is 5.26 Å². The van der Waals surface area contributed by atoms with Crippen molar-refractivity contribution in [3.63, 3.8) is 0 Å². The Bertz CT molecular complexity index is 1130. The highest BCUT2D eigenvalue weighted by Crippen LogP contribution is 2.34. The van der Waals surface area contributed by atoms with Crippen LogP contribution >= 0.6 is 11.3 Å². The summed E-state index contributed by atoms with van der Waals surface area (Å²) in [7, 11) is 1.53. The van der Waals surface area contributed by atoms with Crippen molar-refractivity contribution in [3.05, 3.63) is 64.2 Å². The number of hydrogen-bond acceptors (Lipinski definition) is 7. The molecule has 0 aliphatic carbocycles. The zero-order valence-electron chi connectivity index (χ0n) is 16.8. The van der Waals surface area contributed by atoms with Gasteiger partial charge in [-0.2, -0.15) is 5.26 Å². The van der Waals surface area contributed by atoms with Crippen molar-refractivity contribution in [2.45, 2.75) is 20.3 Å². The van der Waals surface area contributed by atoms with Gasteiger partial charge in [-0.25, -0.2) is 0 Å². The highest BCUT2D eigenvalue weighted by Gasteiger charge is 2.14. The van der Waals surface area contributed by atoms with Gasteiger partial charge in [-0.1, -0.05) is 42.5 Å². The SMILES string of the molecule is CCc1nnc(NC(=O)/C(C#N)=C/c2ccc(Oc3ccccc3C)c(OC)c2)s1. The maximum absolute atomic E-state index is 12.4. The molecule has 0 saturated carbocycles. The van der Waals surface area contributed by atoms with E-state index in [2.05, 4.69) is 15.5 Å². The molecular formula is C22H20N4O3S. The third-order valence-corrected chi connectivity index (χ3v) is 5.15. The largest absolute Gasteiger partial charge is 0.493 e. The maximum atomic E-state index is 12.4. The van der Waals surface area contributed by atoms with E-state index in [1.807, 2.05) is 44.2 Å². The number of para-hydroxylation sites is 1. The quantitative estimate of drug-likeness (QED) is 0.437. The summed E-state index contributed by atoms with van der Waals surface area (Å²) in [6.07, 6.45) is 2.21. The number of amides is 1. The molecule has 3 rings (SSSR count). The third-order valence-electron chi connectivity index (χ3n) is 4.17. The van der Waals surface area contributed by atoms with Gasteiger partial charge in [0.05, 0.1) is 7.11 Å². The molecule has 0 radical (unpaired) electrons. The molecule has 1 amide bonds. The molecule has 1 N–H and O–H groups in total. The Labute approximate surface area is 178 Å². The van der Waals surface area contributed by atoms with E-state index in [1.165, 1.54) is 24.5 Å². The summed E-state index contributed by atoms with van der Waals surface area (Å²) >= 11 is 1.28. The minimum absolute atomic E-state index is 0.0575. The molecular weight excluding hydrogens is 400 g/mol. The van der Waals surface area contributed by atoms with Gasteiger partial charge >= 0.3 is 0 Å². The normalized spacial score (nSPS) is 10.9. The van der Waals surface area contributed by atoms with Crippen LogP contribution in [0.2, 0.25) is 0 Å². The molecule has 0 unspecified atom stereocenters. The molecule has 0 spiro atoms. The summed E-state index contributed by atoms with van der Waals surface area (Å²) in [5.74, 6) is 1.20. The minimum Gasteiger partial charge on any atom is -0.493 e. The number of aromatic nitrogens is 2. The maximum Gasteiger partial charge on any atom is 0.268 e. The Hall–Kier alpha value is -3.70. The lowest BCUT2D eigenvalue weighted by atomic mass is 10.1. The first-order chi connectivity index (χ1) is 14.5. The molecule has 1 aromatic heterocycles. The number of carbonyl (C=O) groups excluding carboxylic acids is 1. The fourth-order valence-electron chi connectivity index (χ4n) is 2.57. The first-order valence-corrected chi connectivity index (χ1v) is 10.0. The van der Waals surface area contributed by atoms with Crippen LogP contribution in [0.15, 0.2) is 48.0 Å². The second-order valence-electron chi connectivity index (χ2n) is 6.26. The minimum atomic E-state index is -0.546. The summed E-state index contributed by atoms with van der Waals surface area (Å²) in [4.78, 5) is 12.4. The van der Waals surface area contributed by atoms with Crippen LogP contribution in [0.1, 0.15) is 23.1 Å². The van der Waals surface area contributed by atoms with E-state index in [1.54, 1.807) is 18.2 Å². The number of benzene rings is 2. The summed E-state index contributed by atoms with van der Waals surface area (Å²) in [6, 6.07) is 14.8. The average Bonchev–Trinajstić information content (AvgIpc) is 3.21. The summed E-state index contributed by atoms with van der Waals surface area (Å²) in [5, 5.41) is 21.0. The van der Waals surface area contributed by atoms with Crippen LogP contribution in [0.4, 0.5) is 5.13 Å². The molecule has 0 aliphatic heterocycles. The predicted octanol–water partition coefficient (Wildman–Crippen LogP) is 4.76. The summed E-state index contributed by atoms with van der Waals surface area (Å²) in [5.41, 5.74) is 1.56. The Kier molecular flexibility index (Phi) is 6.78. The molecule has 152 valence electrons. The van der Waals surface area contributed by atoms with E-state index in [9.17, 15) is 10.1 Å². The van der Waals surface area contributed by atoms with Gasteiger partial charge in [0, 0.05) is 0 Å². The standard InChI is InChI=1S/C22H20N4O3S/c1-4-20-25-26-22(30-20)24-21(27)16(13-23)11-15-9-10-18(19(12-15)28-3)29-17-8-6-5-7-14(17)2/h5-12H,4H2,1-3H3,(H,24,26,27)/b16-11+. The Morgan fingerprint density at radius 2 is 2.00 bits per heavy atom. The predicted molar refractivity (Wildman–Crippen MR) is 116 cm³/mol. The fourth-order valence-corrected chi connectivity index (χ4v) is 3.25. The zero-order valence-corrected chi connectivity index (χ0v) is 17.6. The van der Waals surface area contributed by atoms with E-state index in [0.717, 1.165) is 22.7 Å². The van der Waals surface area contributed by atoms with Crippen molar-refractivity contribution >= 4 is 28.5 Å². The molecule has 0 atom stereocenters. The van der Waals surface area contributed by atoms with Crippen LogP contribution < -0.4 is 14.8 Å². The lowest BCUT2D eigenvalue weighted by Gasteiger charge is -2.12. The molecule has 2 aromatic carbocycles. The van der Waals surface area contributed by atoms with E-state index >= 15 is 0 Å². The van der Waals surface area contributed by atoms with Gasteiger partial charge in [0.15, 0.2) is 11.5 Å². The van der Waals surface area contributed by atoms with E-state index in [0.29, 0.717) is 22.2 Å². The van der Waals surface area contributed by atoms with Gasteiger partial charge in [0.2, 0.25) is 5.13 Å². The molecule has 3 aromatic rings. The molecule has 30 heavy (non-hydrogen) atoms. The van der Waals surface area contributed by atoms with Crippen LogP contribution in [0.25, 0.3) is 6.08 Å². The second-order valence-corrected chi connectivity index (χ2v) is 7.32. The highest BCUT2D eigenvalue weighted by atomic mass is 32.1. The van der Waals surface area contributed by atoms with Crippen LogP contribution in [-0.2, 0) is 11.2 Å². The van der Waals surface area contributed by atoms with Crippen LogP contribution in [0.5, 0.6) is 17.2 Å². The molecule has 1 heterocycles. The van der Waals surface area contributed by atoms with E-state index < -0.39 is 5.91 Å². The van der Waals surface area contributed by atoms with Crippen molar-refractivity contribution in [2.75, 3.05) is 12.4 Å². The third kappa shape index (κ3) is 5.01. The summed E-state index contributed by atoms with van der Waals surface area (Å²) < 4.78 is 11.4. The highest BCUT2D eigenvalue weighted by molar-refractivity contribution is 7.15.